The van der Waals surface area contributed by atoms with Crippen molar-refractivity contribution in [2.24, 2.45) is 5.92 Å². The summed E-state index contributed by atoms with van der Waals surface area (Å²) in [7, 11) is 0. The first-order chi connectivity index (χ1) is 6.75. The molecule has 4 nitrogen and oxygen atoms in total. The average Bonchev–Trinajstić information content (AvgIpc) is 2.64. The zero-order chi connectivity index (χ0) is 9.97. The Labute approximate surface area is 86.9 Å². The van der Waals surface area contributed by atoms with Crippen molar-refractivity contribution in [3.8, 4) is 0 Å². The van der Waals surface area contributed by atoms with Gasteiger partial charge in [0.2, 0.25) is 0 Å². The first kappa shape index (κ1) is 9.71. The molecule has 0 aliphatic heterocycles. The summed E-state index contributed by atoms with van der Waals surface area (Å²) >= 11 is 1.63. The van der Waals surface area contributed by atoms with Gasteiger partial charge in [0.1, 0.15) is 12.1 Å². The van der Waals surface area contributed by atoms with Gasteiger partial charge in [-0.1, -0.05) is 18.7 Å². The normalized spacial score (nSPS) is 27.9. The lowest BCUT2D eigenvalue weighted by molar-refractivity contribution is -0.120. The van der Waals surface area contributed by atoms with E-state index in [1.807, 2.05) is 0 Å². The number of rotatable bonds is 2. The number of ketones is 1. The number of hydrogen-bond donors (Lipinski definition) is 1. The maximum absolute atomic E-state index is 11.3. The number of aromatic amines is 1. The predicted octanol–water partition coefficient (Wildman–Crippen LogP) is 1.65. The van der Waals surface area contributed by atoms with E-state index in [4.69, 9.17) is 0 Å². The summed E-state index contributed by atoms with van der Waals surface area (Å²) in [6.45, 7) is 2.19. The predicted molar refractivity (Wildman–Crippen MR) is 54.0 cm³/mol. The van der Waals surface area contributed by atoms with E-state index in [0.717, 1.165) is 18.0 Å². The van der Waals surface area contributed by atoms with Gasteiger partial charge in [0.25, 0.3) is 0 Å². The molecule has 1 aromatic rings. The van der Waals surface area contributed by atoms with Crippen LogP contribution in [0.3, 0.4) is 0 Å². The molecule has 0 spiro atoms. The van der Waals surface area contributed by atoms with E-state index >= 15 is 0 Å². The van der Waals surface area contributed by atoms with Crippen molar-refractivity contribution in [2.75, 3.05) is 0 Å². The zero-order valence-electron chi connectivity index (χ0n) is 8.06. The van der Waals surface area contributed by atoms with Crippen LogP contribution in [0.5, 0.6) is 0 Å². The van der Waals surface area contributed by atoms with E-state index in [9.17, 15) is 4.79 Å². The van der Waals surface area contributed by atoms with E-state index in [1.54, 1.807) is 11.8 Å². The molecule has 1 aliphatic carbocycles. The first-order valence-electron chi connectivity index (χ1n) is 4.79. The molecule has 76 valence electrons. The Kier molecular flexibility index (Phi) is 2.86. The Balaban J connectivity index is 1.99. The summed E-state index contributed by atoms with van der Waals surface area (Å²) in [6, 6.07) is 0. The highest BCUT2D eigenvalue weighted by Crippen LogP contribution is 2.34. The minimum Gasteiger partial charge on any atom is -0.300 e. The molecular weight excluding hydrogens is 198 g/mol. The third kappa shape index (κ3) is 2.15. The number of carbonyl (C=O) groups excluding carboxylic acids is 1. The van der Waals surface area contributed by atoms with Crippen LogP contribution in [0.25, 0.3) is 0 Å². The molecule has 0 aromatic carbocycles. The summed E-state index contributed by atoms with van der Waals surface area (Å²) < 4.78 is 0. The van der Waals surface area contributed by atoms with E-state index in [0.29, 0.717) is 23.4 Å². The number of carbonyl (C=O) groups is 1. The van der Waals surface area contributed by atoms with Gasteiger partial charge in [0, 0.05) is 18.1 Å². The number of aromatic nitrogens is 3. The third-order valence-electron chi connectivity index (χ3n) is 2.60. The summed E-state index contributed by atoms with van der Waals surface area (Å²) in [6.07, 6.45) is 3.92. The molecule has 2 unspecified atom stereocenters. The van der Waals surface area contributed by atoms with E-state index in [-0.39, 0.29) is 0 Å². The van der Waals surface area contributed by atoms with Gasteiger partial charge in [-0.2, -0.15) is 5.10 Å². The van der Waals surface area contributed by atoms with Crippen LogP contribution in [0.4, 0.5) is 0 Å². The molecule has 0 amide bonds. The van der Waals surface area contributed by atoms with Crippen LogP contribution in [-0.4, -0.2) is 26.2 Å². The number of nitrogens with one attached hydrogen (secondary N) is 1. The Hall–Kier alpha value is -0.840. The van der Waals surface area contributed by atoms with Gasteiger partial charge in [0.05, 0.1) is 0 Å². The van der Waals surface area contributed by atoms with Gasteiger partial charge in [-0.15, -0.1) is 0 Å². The Bertz CT molecular complexity index is 312. The second-order valence-corrected chi connectivity index (χ2v) is 4.93. The number of Topliss-reactive ketones (excluding diaryl/α,β-unsaturated/α-hetero) is 1. The molecule has 0 bridgehead atoms. The van der Waals surface area contributed by atoms with Crippen LogP contribution < -0.4 is 0 Å². The molecule has 1 saturated carbocycles. The average molecular weight is 211 g/mol. The SMILES string of the molecule is CC1CCC(=O)CC1Sc1ncn[nH]1. The van der Waals surface area contributed by atoms with Crippen molar-refractivity contribution >= 4 is 17.5 Å². The van der Waals surface area contributed by atoms with Crippen LogP contribution in [0, 0.1) is 5.92 Å². The van der Waals surface area contributed by atoms with Crippen molar-refractivity contribution < 1.29 is 4.79 Å². The minimum absolute atomic E-state index is 0.365. The smallest absolute Gasteiger partial charge is 0.183 e. The summed E-state index contributed by atoms with van der Waals surface area (Å²) in [5.74, 6) is 0.961. The Morgan fingerprint density at radius 3 is 3.21 bits per heavy atom. The fourth-order valence-corrected chi connectivity index (χ4v) is 2.79. The fourth-order valence-electron chi connectivity index (χ4n) is 1.65. The van der Waals surface area contributed by atoms with Crippen LogP contribution in [0.1, 0.15) is 26.2 Å². The summed E-state index contributed by atoms with van der Waals surface area (Å²) in [5.41, 5.74) is 0. The van der Waals surface area contributed by atoms with Crippen LogP contribution in [0.15, 0.2) is 11.5 Å². The minimum atomic E-state index is 0.365. The lowest BCUT2D eigenvalue weighted by Gasteiger charge is -2.26. The van der Waals surface area contributed by atoms with Gasteiger partial charge in [-0.25, -0.2) is 4.98 Å². The molecule has 2 atom stereocenters. The highest BCUT2D eigenvalue weighted by molar-refractivity contribution is 7.99. The molecule has 1 heterocycles. The molecule has 2 rings (SSSR count). The Morgan fingerprint density at radius 1 is 1.64 bits per heavy atom. The maximum atomic E-state index is 11.3. The molecule has 1 aliphatic rings. The highest BCUT2D eigenvalue weighted by atomic mass is 32.2. The zero-order valence-corrected chi connectivity index (χ0v) is 8.88. The van der Waals surface area contributed by atoms with E-state index in [2.05, 4.69) is 22.1 Å². The molecule has 0 saturated heterocycles. The number of thioether (sulfide) groups is 1. The molecular formula is C9H13N3OS. The second-order valence-electron chi connectivity index (χ2n) is 3.71. The maximum Gasteiger partial charge on any atom is 0.183 e. The van der Waals surface area contributed by atoms with E-state index in [1.165, 1.54) is 6.33 Å². The molecule has 1 aromatic heterocycles. The van der Waals surface area contributed by atoms with Crippen LogP contribution in [0.2, 0.25) is 0 Å². The van der Waals surface area contributed by atoms with Gasteiger partial charge < -0.3 is 0 Å². The second kappa shape index (κ2) is 4.13. The van der Waals surface area contributed by atoms with Crippen LogP contribution in [-0.2, 0) is 4.79 Å². The standard InChI is InChI=1S/C9H13N3OS/c1-6-2-3-7(13)4-8(6)14-9-10-5-11-12-9/h5-6,8H,2-4H2,1H3,(H,10,11,12). The highest BCUT2D eigenvalue weighted by Gasteiger charge is 2.27. The summed E-state index contributed by atoms with van der Waals surface area (Å²) in [5, 5.41) is 7.78. The number of H-pyrrole nitrogens is 1. The van der Waals surface area contributed by atoms with Crippen molar-refractivity contribution in [3.05, 3.63) is 6.33 Å². The van der Waals surface area contributed by atoms with Gasteiger partial charge in [-0.3, -0.25) is 9.89 Å². The van der Waals surface area contributed by atoms with E-state index < -0.39 is 0 Å². The van der Waals surface area contributed by atoms with Gasteiger partial charge >= 0.3 is 0 Å². The molecule has 14 heavy (non-hydrogen) atoms. The quantitative estimate of drug-likeness (QED) is 0.808. The van der Waals surface area contributed by atoms with Crippen molar-refractivity contribution in [1.82, 2.24) is 15.2 Å². The molecule has 1 N–H and O–H groups in total. The monoisotopic (exact) mass is 211 g/mol. The lowest BCUT2D eigenvalue weighted by atomic mass is 9.89. The molecule has 0 radical (unpaired) electrons. The van der Waals surface area contributed by atoms with Crippen LogP contribution >= 0.6 is 11.8 Å². The first-order valence-corrected chi connectivity index (χ1v) is 5.67. The summed E-state index contributed by atoms with van der Waals surface area (Å²) in [4.78, 5) is 15.3. The lowest BCUT2D eigenvalue weighted by Crippen LogP contribution is -2.25. The van der Waals surface area contributed by atoms with Crippen molar-refractivity contribution in [2.45, 2.75) is 36.6 Å². The third-order valence-corrected chi connectivity index (χ3v) is 3.95. The Morgan fingerprint density at radius 2 is 2.50 bits per heavy atom. The molecule has 1 fully saturated rings. The largest absolute Gasteiger partial charge is 0.300 e. The van der Waals surface area contributed by atoms with Crippen molar-refractivity contribution in [1.29, 1.82) is 0 Å². The van der Waals surface area contributed by atoms with Gasteiger partial charge in [0.15, 0.2) is 5.16 Å². The van der Waals surface area contributed by atoms with Gasteiger partial charge in [-0.05, 0) is 12.3 Å². The topological polar surface area (TPSA) is 58.6 Å². The van der Waals surface area contributed by atoms with Crippen molar-refractivity contribution in [3.63, 3.8) is 0 Å². The number of hydrogen-bond acceptors (Lipinski definition) is 4. The fraction of sp³-hybridized carbons (Fsp3) is 0.667. The molecule has 5 heteroatoms. The number of nitrogens with zero attached hydrogens (tertiary/aromatic N) is 2.